The van der Waals surface area contributed by atoms with Crippen LogP contribution in [0.4, 0.5) is 0 Å². The molecule has 21 heavy (non-hydrogen) atoms. The molecule has 0 radical (unpaired) electrons. The standard InChI is InChI=1S/C20H40O/c1-4-5-6-7-8-9-10-11-12-13-14-15-16-17-18-21-19-20(2)3/h2,4-19H2,1,3H3. The second-order valence-electron chi connectivity index (χ2n) is 6.61. The van der Waals surface area contributed by atoms with Crippen LogP contribution in [0.5, 0.6) is 0 Å². The minimum absolute atomic E-state index is 0.735. The topological polar surface area (TPSA) is 9.23 Å². The van der Waals surface area contributed by atoms with Gasteiger partial charge in [0.15, 0.2) is 0 Å². The van der Waals surface area contributed by atoms with Crippen molar-refractivity contribution in [2.75, 3.05) is 13.2 Å². The quantitative estimate of drug-likeness (QED) is 0.206. The van der Waals surface area contributed by atoms with Gasteiger partial charge < -0.3 is 4.74 Å². The zero-order chi connectivity index (χ0) is 15.6. The summed E-state index contributed by atoms with van der Waals surface area (Å²) >= 11 is 0. The van der Waals surface area contributed by atoms with Crippen molar-refractivity contribution >= 4 is 0 Å². The van der Waals surface area contributed by atoms with Crippen molar-refractivity contribution in [2.45, 2.75) is 104 Å². The highest BCUT2D eigenvalue weighted by Crippen LogP contribution is 2.12. The molecule has 0 aliphatic rings. The van der Waals surface area contributed by atoms with Crippen LogP contribution >= 0.6 is 0 Å². The molecule has 0 fully saturated rings. The lowest BCUT2D eigenvalue weighted by atomic mass is 10.0. The molecule has 0 heterocycles. The van der Waals surface area contributed by atoms with E-state index in [9.17, 15) is 0 Å². The van der Waals surface area contributed by atoms with Crippen LogP contribution in [0.25, 0.3) is 0 Å². The Morgan fingerprint density at radius 3 is 1.43 bits per heavy atom. The molecule has 0 bridgehead atoms. The molecule has 0 saturated carbocycles. The van der Waals surface area contributed by atoms with E-state index in [-0.39, 0.29) is 0 Å². The van der Waals surface area contributed by atoms with Crippen LogP contribution in [0, 0.1) is 0 Å². The van der Waals surface area contributed by atoms with E-state index in [2.05, 4.69) is 13.5 Å². The van der Waals surface area contributed by atoms with Crippen molar-refractivity contribution in [3.05, 3.63) is 12.2 Å². The van der Waals surface area contributed by atoms with Crippen LogP contribution in [0.2, 0.25) is 0 Å². The van der Waals surface area contributed by atoms with Gasteiger partial charge in [0.25, 0.3) is 0 Å². The highest BCUT2D eigenvalue weighted by Gasteiger charge is 1.94. The Morgan fingerprint density at radius 1 is 0.667 bits per heavy atom. The molecular formula is C20H40O. The maximum absolute atomic E-state index is 5.50. The molecule has 0 rings (SSSR count). The molecule has 0 aromatic carbocycles. The Balaban J connectivity index is 2.95. The lowest BCUT2D eigenvalue weighted by molar-refractivity contribution is 0.151. The molecule has 0 atom stereocenters. The third-order valence-corrected chi connectivity index (χ3v) is 3.99. The SMILES string of the molecule is C=C(C)COCCCCCCCCCCCCCCCC. The van der Waals surface area contributed by atoms with Gasteiger partial charge in [0.05, 0.1) is 6.61 Å². The molecule has 0 aromatic rings. The maximum Gasteiger partial charge on any atom is 0.0671 e. The number of hydrogen-bond donors (Lipinski definition) is 0. The fourth-order valence-corrected chi connectivity index (χ4v) is 2.65. The molecule has 0 spiro atoms. The largest absolute Gasteiger partial charge is 0.377 e. The van der Waals surface area contributed by atoms with Gasteiger partial charge in [-0.3, -0.25) is 0 Å². The van der Waals surface area contributed by atoms with E-state index in [0.29, 0.717) is 0 Å². The Hall–Kier alpha value is -0.300. The molecule has 0 aliphatic carbocycles. The van der Waals surface area contributed by atoms with Crippen LogP contribution in [0.1, 0.15) is 104 Å². The summed E-state index contributed by atoms with van der Waals surface area (Å²) in [6.45, 7) is 9.79. The van der Waals surface area contributed by atoms with Crippen molar-refractivity contribution in [1.29, 1.82) is 0 Å². The Kier molecular flexibility index (Phi) is 17.5. The molecule has 1 heteroatoms. The summed E-state index contributed by atoms with van der Waals surface area (Å²) < 4.78 is 5.50. The van der Waals surface area contributed by atoms with Gasteiger partial charge in [0.1, 0.15) is 0 Å². The lowest BCUT2D eigenvalue weighted by Crippen LogP contribution is -1.97. The van der Waals surface area contributed by atoms with Crippen molar-refractivity contribution in [1.82, 2.24) is 0 Å². The average molecular weight is 297 g/mol. The number of rotatable bonds is 17. The van der Waals surface area contributed by atoms with Crippen LogP contribution in [0.15, 0.2) is 12.2 Å². The van der Waals surface area contributed by atoms with Gasteiger partial charge >= 0.3 is 0 Å². The van der Waals surface area contributed by atoms with Crippen molar-refractivity contribution in [3.8, 4) is 0 Å². The van der Waals surface area contributed by atoms with Gasteiger partial charge in [-0.1, -0.05) is 103 Å². The molecule has 0 aliphatic heterocycles. The highest BCUT2D eigenvalue weighted by atomic mass is 16.5. The fraction of sp³-hybridized carbons (Fsp3) is 0.900. The zero-order valence-electron chi connectivity index (χ0n) is 14.9. The van der Waals surface area contributed by atoms with Crippen LogP contribution in [-0.2, 0) is 4.74 Å². The van der Waals surface area contributed by atoms with E-state index in [0.717, 1.165) is 18.8 Å². The van der Waals surface area contributed by atoms with Gasteiger partial charge in [-0.2, -0.15) is 0 Å². The summed E-state index contributed by atoms with van der Waals surface area (Å²) in [4.78, 5) is 0. The molecule has 1 nitrogen and oxygen atoms in total. The summed E-state index contributed by atoms with van der Waals surface area (Å²) in [6.07, 6.45) is 19.8. The maximum atomic E-state index is 5.50. The summed E-state index contributed by atoms with van der Waals surface area (Å²) in [5, 5.41) is 0. The summed E-state index contributed by atoms with van der Waals surface area (Å²) in [6, 6.07) is 0. The van der Waals surface area contributed by atoms with Gasteiger partial charge in [0.2, 0.25) is 0 Å². The number of unbranched alkanes of at least 4 members (excludes halogenated alkanes) is 13. The first kappa shape index (κ1) is 20.7. The molecule has 0 amide bonds. The van der Waals surface area contributed by atoms with Crippen LogP contribution in [-0.4, -0.2) is 13.2 Å². The van der Waals surface area contributed by atoms with Crippen LogP contribution in [0.3, 0.4) is 0 Å². The van der Waals surface area contributed by atoms with E-state index in [1.54, 1.807) is 0 Å². The summed E-state index contributed by atoms with van der Waals surface area (Å²) in [7, 11) is 0. The highest BCUT2D eigenvalue weighted by molar-refractivity contribution is 4.87. The normalized spacial score (nSPS) is 11.0. The Bertz CT molecular complexity index is 210. The monoisotopic (exact) mass is 296 g/mol. The van der Waals surface area contributed by atoms with E-state index in [1.165, 1.54) is 89.9 Å². The predicted octanol–water partition coefficient (Wildman–Crippen LogP) is 7.06. The molecule has 0 N–H and O–H groups in total. The van der Waals surface area contributed by atoms with E-state index >= 15 is 0 Å². The average Bonchev–Trinajstić information content (AvgIpc) is 2.46. The van der Waals surface area contributed by atoms with Crippen molar-refractivity contribution in [3.63, 3.8) is 0 Å². The molecule has 126 valence electrons. The van der Waals surface area contributed by atoms with Crippen molar-refractivity contribution in [2.24, 2.45) is 0 Å². The van der Waals surface area contributed by atoms with Gasteiger partial charge in [0, 0.05) is 6.61 Å². The minimum Gasteiger partial charge on any atom is -0.377 e. The zero-order valence-corrected chi connectivity index (χ0v) is 14.9. The number of ether oxygens (including phenoxy) is 1. The molecule has 0 aromatic heterocycles. The van der Waals surface area contributed by atoms with Crippen molar-refractivity contribution < 1.29 is 4.74 Å². The smallest absolute Gasteiger partial charge is 0.0671 e. The third-order valence-electron chi connectivity index (χ3n) is 3.99. The summed E-state index contributed by atoms with van der Waals surface area (Å²) in [5.74, 6) is 0. The van der Waals surface area contributed by atoms with Gasteiger partial charge in [-0.05, 0) is 13.3 Å². The van der Waals surface area contributed by atoms with E-state index in [4.69, 9.17) is 4.74 Å². The van der Waals surface area contributed by atoms with Crippen LogP contribution < -0.4 is 0 Å². The second kappa shape index (κ2) is 17.8. The number of hydrogen-bond acceptors (Lipinski definition) is 1. The summed E-state index contributed by atoms with van der Waals surface area (Å²) in [5.41, 5.74) is 1.13. The molecule has 0 saturated heterocycles. The van der Waals surface area contributed by atoms with E-state index in [1.807, 2.05) is 6.92 Å². The predicted molar refractivity (Wildman–Crippen MR) is 95.9 cm³/mol. The Morgan fingerprint density at radius 2 is 1.05 bits per heavy atom. The second-order valence-corrected chi connectivity index (χ2v) is 6.61. The fourth-order valence-electron chi connectivity index (χ4n) is 2.65. The van der Waals surface area contributed by atoms with Gasteiger partial charge in [-0.25, -0.2) is 0 Å². The first-order valence-corrected chi connectivity index (χ1v) is 9.49. The van der Waals surface area contributed by atoms with Gasteiger partial charge in [-0.15, -0.1) is 0 Å². The Labute approximate surface area is 134 Å². The third kappa shape index (κ3) is 19.7. The van der Waals surface area contributed by atoms with E-state index < -0.39 is 0 Å². The first-order valence-electron chi connectivity index (χ1n) is 9.49. The lowest BCUT2D eigenvalue weighted by Gasteiger charge is -2.04. The molecular weight excluding hydrogens is 256 g/mol. The minimum atomic E-state index is 0.735. The first-order chi connectivity index (χ1) is 10.3. The molecule has 0 unspecified atom stereocenters.